The number of nitrogens with zero attached hydrogens (tertiary/aromatic N) is 2. The Labute approximate surface area is 212 Å². The molecule has 1 saturated heterocycles. The number of hydrogen-bond donors (Lipinski definition) is 3. The van der Waals surface area contributed by atoms with Gasteiger partial charge in [0.05, 0.1) is 11.4 Å². The van der Waals surface area contributed by atoms with E-state index in [1.54, 1.807) is 6.07 Å². The van der Waals surface area contributed by atoms with Gasteiger partial charge in [-0.2, -0.15) is 0 Å². The van der Waals surface area contributed by atoms with Gasteiger partial charge in [-0.1, -0.05) is 18.2 Å². The fourth-order valence-electron chi connectivity index (χ4n) is 5.08. The van der Waals surface area contributed by atoms with Crippen LogP contribution < -0.4 is 21.3 Å². The quantitative estimate of drug-likeness (QED) is 0.578. The van der Waals surface area contributed by atoms with Crippen LogP contribution in [0, 0.1) is 5.92 Å². The Kier molecular flexibility index (Phi) is 7.23. The van der Waals surface area contributed by atoms with Crippen LogP contribution in [0.2, 0.25) is 0 Å². The van der Waals surface area contributed by atoms with E-state index in [1.165, 1.54) is 0 Å². The topological polar surface area (TPSA) is 108 Å². The van der Waals surface area contributed by atoms with Crippen LogP contribution in [-0.4, -0.2) is 60.9 Å². The first-order chi connectivity index (χ1) is 17.5. The Hall–Kier alpha value is -3.39. The molecule has 8 nitrogen and oxygen atoms in total. The lowest BCUT2D eigenvalue weighted by Crippen LogP contribution is -2.49. The molecule has 3 aliphatic rings. The third-order valence-corrected chi connectivity index (χ3v) is 7.50. The monoisotopic (exact) mass is 489 g/mol. The molecule has 3 fully saturated rings. The van der Waals surface area contributed by atoms with E-state index in [-0.39, 0.29) is 35.7 Å². The molecule has 0 unspecified atom stereocenters. The molecule has 0 radical (unpaired) electrons. The summed E-state index contributed by atoms with van der Waals surface area (Å²) < 4.78 is 0. The summed E-state index contributed by atoms with van der Waals surface area (Å²) in [5.74, 6) is -0.0227. The van der Waals surface area contributed by atoms with Crippen molar-refractivity contribution in [3.8, 4) is 0 Å². The normalized spacial score (nSPS) is 22.1. The van der Waals surface area contributed by atoms with Gasteiger partial charge in [-0.15, -0.1) is 0 Å². The number of anilines is 2. The van der Waals surface area contributed by atoms with Crippen molar-refractivity contribution < 1.29 is 14.4 Å². The number of hydrogen-bond acceptors (Lipinski definition) is 5. The lowest BCUT2D eigenvalue weighted by Gasteiger charge is -2.37. The van der Waals surface area contributed by atoms with Crippen LogP contribution in [0.4, 0.5) is 11.4 Å². The van der Waals surface area contributed by atoms with Crippen molar-refractivity contribution in [3.05, 3.63) is 59.7 Å². The smallest absolute Gasteiger partial charge is 0.253 e. The lowest BCUT2D eigenvalue weighted by atomic mass is 9.91. The van der Waals surface area contributed by atoms with Crippen molar-refractivity contribution in [2.75, 3.05) is 36.4 Å². The number of carbonyl (C=O) groups excluding carboxylic acids is 3. The molecule has 2 aliphatic carbocycles. The van der Waals surface area contributed by atoms with Crippen molar-refractivity contribution >= 4 is 29.1 Å². The number of carbonyl (C=O) groups is 3. The molecule has 5 rings (SSSR count). The highest BCUT2D eigenvalue weighted by Gasteiger charge is 2.31. The molecule has 0 aromatic heterocycles. The van der Waals surface area contributed by atoms with Crippen LogP contribution >= 0.6 is 0 Å². The molecule has 0 bridgehead atoms. The summed E-state index contributed by atoms with van der Waals surface area (Å²) in [5, 5.41) is 6.22. The summed E-state index contributed by atoms with van der Waals surface area (Å²) in [6, 6.07) is 15.2. The fraction of sp³-hybridized carbons (Fsp3) is 0.464. The highest BCUT2D eigenvalue weighted by atomic mass is 16.2. The molecule has 0 atom stereocenters. The molecular formula is C28H35N5O3. The molecule has 4 N–H and O–H groups in total. The number of nitrogens with one attached hydrogen (secondary N) is 2. The van der Waals surface area contributed by atoms with E-state index < -0.39 is 0 Å². The predicted octanol–water partition coefficient (Wildman–Crippen LogP) is 3.00. The van der Waals surface area contributed by atoms with Gasteiger partial charge in [-0.3, -0.25) is 14.4 Å². The fourth-order valence-corrected chi connectivity index (χ4v) is 5.08. The summed E-state index contributed by atoms with van der Waals surface area (Å²) in [6.07, 6.45) is 5.44. The largest absolute Gasteiger partial charge is 0.366 e. The highest BCUT2D eigenvalue weighted by Crippen LogP contribution is 2.34. The molecule has 1 heterocycles. The number of rotatable bonds is 6. The molecule has 8 heteroatoms. The van der Waals surface area contributed by atoms with Gasteiger partial charge in [0.1, 0.15) is 0 Å². The average molecular weight is 490 g/mol. The second-order valence-electron chi connectivity index (χ2n) is 10.2. The summed E-state index contributed by atoms with van der Waals surface area (Å²) in [4.78, 5) is 42.5. The van der Waals surface area contributed by atoms with Crippen molar-refractivity contribution in [1.29, 1.82) is 0 Å². The zero-order valence-corrected chi connectivity index (χ0v) is 20.6. The zero-order valence-electron chi connectivity index (χ0n) is 20.6. The average Bonchev–Trinajstić information content (AvgIpc) is 3.76. The molecule has 0 spiro atoms. The van der Waals surface area contributed by atoms with E-state index in [2.05, 4.69) is 15.5 Å². The van der Waals surface area contributed by atoms with Gasteiger partial charge in [0.15, 0.2) is 0 Å². The van der Waals surface area contributed by atoms with Crippen LogP contribution in [0.5, 0.6) is 0 Å². The minimum atomic E-state index is -0.123. The first-order valence-corrected chi connectivity index (χ1v) is 13.1. The summed E-state index contributed by atoms with van der Waals surface area (Å²) in [7, 11) is 0. The van der Waals surface area contributed by atoms with Gasteiger partial charge in [0.2, 0.25) is 5.91 Å². The minimum absolute atomic E-state index is 0.00738. The van der Waals surface area contributed by atoms with Crippen LogP contribution in [0.25, 0.3) is 0 Å². The van der Waals surface area contributed by atoms with Gasteiger partial charge < -0.3 is 26.2 Å². The van der Waals surface area contributed by atoms with E-state index in [0.29, 0.717) is 43.0 Å². The Bertz CT molecular complexity index is 1100. The predicted molar refractivity (Wildman–Crippen MR) is 140 cm³/mol. The Morgan fingerprint density at radius 1 is 0.806 bits per heavy atom. The van der Waals surface area contributed by atoms with E-state index in [1.807, 2.05) is 47.4 Å². The maximum absolute atomic E-state index is 13.0. The SMILES string of the molecule is NC1CCC(NC(=O)c2ccc(N3CCN(C(=O)c4ccccc4)CC3)c(NC(=O)C3CC3)c2)CC1. The van der Waals surface area contributed by atoms with E-state index in [0.717, 1.165) is 44.2 Å². The third-order valence-electron chi connectivity index (χ3n) is 7.50. The van der Waals surface area contributed by atoms with Crippen LogP contribution in [0.1, 0.15) is 59.2 Å². The maximum Gasteiger partial charge on any atom is 0.253 e. The van der Waals surface area contributed by atoms with Crippen LogP contribution in [-0.2, 0) is 4.79 Å². The standard InChI is InChI=1S/C28H35N5O3/c29-22-9-11-23(12-10-22)30-27(35)21-8-13-25(24(18-21)31-26(34)19-6-7-19)32-14-16-33(17-15-32)28(36)20-4-2-1-3-5-20/h1-5,8,13,18-19,22-23H,6-7,9-12,14-17,29H2,(H,30,35)(H,31,34). The van der Waals surface area contributed by atoms with Crippen molar-refractivity contribution in [2.45, 2.75) is 50.6 Å². The Balaban J connectivity index is 1.28. The molecular weight excluding hydrogens is 454 g/mol. The third kappa shape index (κ3) is 5.70. The second-order valence-corrected chi connectivity index (χ2v) is 10.2. The molecule has 2 aromatic rings. The lowest BCUT2D eigenvalue weighted by molar-refractivity contribution is -0.117. The van der Waals surface area contributed by atoms with Gasteiger partial charge in [-0.05, 0) is 68.9 Å². The first-order valence-electron chi connectivity index (χ1n) is 13.1. The molecule has 190 valence electrons. The van der Waals surface area contributed by atoms with Crippen LogP contribution in [0.15, 0.2) is 48.5 Å². The van der Waals surface area contributed by atoms with Crippen molar-refractivity contribution in [2.24, 2.45) is 11.7 Å². The zero-order chi connectivity index (χ0) is 25.1. The number of nitrogens with two attached hydrogens (primary N) is 1. The van der Waals surface area contributed by atoms with Gasteiger partial charge in [-0.25, -0.2) is 0 Å². The Morgan fingerprint density at radius 3 is 2.17 bits per heavy atom. The van der Waals surface area contributed by atoms with E-state index >= 15 is 0 Å². The second kappa shape index (κ2) is 10.7. The minimum Gasteiger partial charge on any atom is -0.366 e. The Morgan fingerprint density at radius 2 is 1.50 bits per heavy atom. The molecule has 2 aromatic carbocycles. The number of amides is 3. The summed E-state index contributed by atoms with van der Waals surface area (Å²) in [6.45, 7) is 2.49. The van der Waals surface area contributed by atoms with Gasteiger partial charge in [0, 0.05) is 55.3 Å². The summed E-state index contributed by atoms with van der Waals surface area (Å²) in [5.41, 5.74) is 8.78. The van der Waals surface area contributed by atoms with Crippen LogP contribution in [0.3, 0.4) is 0 Å². The van der Waals surface area contributed by atoms with Gasteiger partial charge in [0.25, 0.3) is 11.8 Å². The van der Waals surface area contributed by atoms with E-state index in [4.69, 9.17) is 5.73 Å². The van der Waals surface area contributed by atoms with Gasteiger partial charge >= 0.3 is 0 Å². The molecule has 1 aliphatic heterocycles. The molecule has 36 heavy (non-hydrogen) atoms. The van der Waals surface area contributed by atoms with E-state index in [9.17, 15) is 14.4 Å². The highest BCUT2D eigenvalue weighted by molar-refractivity contribution is 6.01. The van der Waals surface area contributed by atoms with Crippen molar-refractivity contribution in [1.82, 2.24) is 10.2 Å². The first kappa shape index (κ1) is 24.3. The maximum atomic E-state index is 13.0. The molecule has 3 amide bonds. The number of benzene rings is 2. The van der Waals surface area contributed by atoms with Crippen molar-refractivity contribution in [3.63, 3.8) is 0 Å². The number of piperazine rings is 1. The molecule has 2 saturated carbocycles. The summed E-state index contributed by atoms with van der Waals surface area (Å²) >= 11 is 0.